The van der Waals surface area contributed by atoms with Crippen LogP contribution in [0.25, 0.3) is 0 Å². The van der Waals surface area contributed by atoms with Crippen molar-refractivity contribution in [2.75, 3.05) is 6.54 Å². The van der Waals surface area contributed by atoms with E-state index in [4.69, 9.17) is 0 Å². The topological polar surface area (TPSA) is 108 Å². The number of amides is 3. The number of nitrogens with one attached hydrogen (secondary N) is 3. The van der Waals surface area contributed by atoms with Gasteiger partial charge < -0.3 is 21.1 Å². The van der Waals surface area contributed by atoms with Gasteiger partial charge in [0.1, 0.15) is 5.54 Å². The molecule has 2 aliphatic rings. The van der Waals surface area contributed by atoms with E-state index in [1.54, 1.807) is 0 Å². The van der Waals surface area contributed by atoms with E-state index in [1.165, 1.54) is 0 Å². The Balaban J connectivity index is 1.86. The molecule has 1 aliphatic heterocycles. The molecule has 0 bridgehead atoms. The van der Waals surface area contributed by atoms with Crippen LogP contribution in [0.1, 0.15) is 38.5 Å². The van der Waals surface area contributed by atoms with E-state index in [-0.39, 0.29) is 11.9 Å². The summed E-state index contributed by atoms with van der Waals surface area (Å²) >= 11 is 0. The summed E-state index contributed by atoms with van der Waals surface area (Å²) in [5.74, 6) is -0.992. The summed E-state index contributed by atoms with van der Waals surface area (Å²) in [6, 6.07) is -0.601. The quantitative estimate of drug-likeness (QED) is 0.576. The fourth-order valence-corrected chi connectivity index (χ4v) is 2.67. The largest absolute Gasteiger partial charge is 0.480 e. The first kappa shape index (κ1) is 13.6. The van der Waals surface area contributed by atoms with E-state index < -0.39 is 17.5 Å². The Morgan fingerprint density at radius 3 is 2.53 bits per heavy atom. The minimum Gasteiger partial charge on any atom is -0.480 e. The van der Waals surface area contributed by atoms with Gasteiger partial charge in [0.15, 0.2) is 0 Å². The molecule has 0 spiro atoms. The molecule has 0 radical (unpaired) electrons. The third kappa shape index (κ3) is 3.15. The van der Waals surface area contributed by atoms with E-state index in [9.17, 15) is 19.5 Å². The number of carboxylic acids is 1. The van der Waals surface area contributed by atoms with E-state index in [0.717, 1.165) is 12.8 Å². The van der Waals surface area contributed by atoms with Crippen LogP contribution in [0.4, 0.5) is 4.79 Å². The van der Waals surface area contributed by atoms with Crippen LogP contribution in [0.2, 0.25) is 0 Å². The molecule has 0 aromatic heterocycles. The fourth-order valence-electron chi connectivity index (χ4n) is 2.67. The van der Waals surface area contributed by atoms with Crippen molar-refractivity contribution in [2.24, 2.45) is 0 Å². The number of urea groups is 1. The van der Waals surface area contributed by atoms with Crippen LogP contribution in [0.15, 0.2) is 0 Å². The maximum atomic E-state index is 11.9. The molecule has 1 saturated heterocycles. The highest BCUT2D eigenvalue weighted by Gasteiger charge is 2.42. The van der Waals surface area contributed by atoms with E-state index >= 15 is 0 Å². The first-order valence-corrected chi connectivity index (χ1v) is 6.61. The van der Waals surface area contributed by atoms with Gasteiger partial charge in [-0.3, -0.25) is 4.79 Å². The predicted molar refractivity (Wildman–Crippen MR) is 66.5 cm³/mol. The Labute approximate surface area is 111 Å². The molecule has 3 amide bonds. The Morgan fingerprint density at radius 2 is 2.00 bits per heavy atom. The van der Waals surface area contributed by atoms with Crippen molar-refractivity contribution in [3.8, 4) is 0 Å². The van der Waals surface area contributed by atoms with Crippen molar-refractivity contribution >= 4 is 17.9 Å². The average molecular weight is 269 g/mol. The molecule has 7 heteroatoms. The van der Waals surface area contributed by atoms with E-state index in [0.29, 0.717) is 32.2 Å². The zero-order valence-electron chi connectivity index (χ0n) is 10.7. The molecule has 1 heterocycles. The molecular weight excluding hydrogens is 250 g/mol. The lowest BCUT2D eigenvalue weighted by molar-refractivity contribution is -0.144. The van der Waals surface area contributed by atoms with Crippen LogP contribution in [-0.2, 0) is 9.59 Å². The summed E-state index contributed by atoms with van der Waals surface area (Å²) in [6.07, 6.45) is 3.53. The van der Waals surface area contributed by atoms with Gasteiger partial charge in [-0.15, -0.1) is 0 Å². The summed E-state index contributed by atoms with van der Waals surface area (Å²) in [6.45, 7) is 0.395. The highest BCUT2D eigenvalue weighted by atomic mass is 16.4. The molecule has 0 aromatic rings. The number of hydrogen-bond donors (Lipinski definition) is 4. The molecular formula is C12H19N3O4. The van der Waals surface area contributed by atoms with Gasteiger partial charge >= 0.3 is 12.0 Å². The molecule has 4 N–H and O–H groups in total. The van der Waals surface area contributed by atoms with Gasteiger partial charge in [0, 0.05) is 19.0 Å². The van der Waals surface area contributed by atoms with Gasteiger partial charge in [0.25, 0.3) is 0 Å². The third-order valence-electron chi connectivity index (χ3n) is 3.82. The van der Waals surface area contributed by atoms with Gasteiger partial charge in [0.2, 0.25) is 5.91 Å². The normalized spacial score (nSPS) is 25.5. The second-order valence-corrected chi connectivity index (χ2v) is 5.23. The molecule has 106 valence electrons. The average Bonchev–Trinajstić information content (AvgIpc) is 2.82. The SMILES string of the molecule is O=C1CCC(NC(=O)NC2(C(=O)O)CCCC2)CN1. The van der Waals surface area contributed by atoms with Gasteiger partial charge in [-0.2, -0.15) is 0 Å². The minimum absolute atomic E-state index is 0.0174. The smallest absolute Gasteiger partial charge is 0.329 e. The van der Waals surface area contributed by atoms with Gasteiger partial charge in [-0.05, 0) is 19.3 Å². The Bertz CT molecular complexity index is 380. The summed E-state index contributed by atoms with van der Waals surface area (Å²) in [5.41, 5.74) is -1.12. The molecule has 1 atom stereocenters. The highest BCUT2D eigenvalue weighted by molar-refractivity contribution is 5.86. The van der Waals surface area contributed by atoms with Gasteiger partial charge in [-0.1, -0.05) is 12.8 Å². The minimum atomic E-state index is -1.12. The monoisotopic (exact) mass is 269 g/mol. The van der Waals surface area contributed by atoms with Crippen molar-refractivity contribution in [2.45, 2.75) is 50.1 Å². The molecule has 0 aromatic carbocycles. The molecule has 1 aliphatic carbocycles. The third-order valence-corrected chi connectivity index (χ3v) is 3.82. The van der Waals surface area contributed by atoms with Crippen molar-refractivity contribution in [1.29, 1.82) is 0 Å². The lowest BCUT2D eigenvalue weighted by Crippen LogP contribution is -2.58. The van der Waals surface area contributed by atoms with E-state index in [2.05, 4.69) is 16.0 Å². The number of hydrogen-bond acceptors (Lipinski definition) is 3. The van der Waals surface area contributed by atoms with Gasteiger partial charge in [0.05, 0.1) is 0 Å². The lowest BCUT2D eigenvalue weighted by Gasteiger charge is -2.28. The second-order valence-electron chi connectivity index (χ2n) is 5.23. The molecule has 2 fully saturated rings. The molecule has 19 heavy (non-hydrogen) atoms. The van der Waals surface area contributed by atoms with Crippen LogP contribution in [0, 0.1) is 0 Å². The number of carboxylic acid groups (broad SMARTS) is 1. The number of carbonyl (C=O) groups excluding carboxylic acids is 2. The Hall–Kier alpha value is -1.79. The summed E-state index contributed by atoms with van der Waals surface area (Å²) in [7, 11) is 0. The number of aliphatic carboxylic acids is 1. The molecule has 7 nitrogen and oxygen atoms in total. The van der Waals surface area contributed by atoms with Crippen molar-refractivity contribution in [3.05, 3.63) is 0 Å². The maximum absolute atomic E-state index is 11.9. The number of piperidine rings is 1. The zero-order valence-corrected chi connectivity index (χ0v) is 10.7. The van der Waals surface area contributed by atoms with Crippen LogP contribution < -0.4 is 16.0 Å². The number of carbonyl (C=O) groups is 3. The maximum Gasteiger partial charge on any atom is 0.329 e. The molecule has 1 saturated carbocycles. The van der Waals surface area contributed by atoms with Crippen LogP contribution >= 0.6 is 0 Å². The van der Waals surface area contributed by atoms with E-state index in [1.807, 2.05) is 0 Å². The van der Waals surface area contributed by atoms with Crippen LogP contribution in [0.5, 0.6) is 0 Å². The van der Waals surface area contributed by atoms with Crippen molar-refractivity contribution in [3.63, 3.8) is 0 Å². The first-order chi connectivity index (χ1) is 9.02. The van der Waals surface area contributed by atoms with Crippen LogP contribution in [-0.4, -0.2) is 41.1 Å². The summed E-state index contributed by atoms with van der Waals surface area (Å²) < 4.78 is 0. The summed E-state index contributed by atoms with van der Waals surface area (Å²) in [4.78, 5) is 34.2. The van der Waals surface area contributed by atoms with Crippen molar-refractivity contribution in [1.82, 2.24) is 16.0 Å². The molecule has 1 unspecified atom stereocenters. The first-order valence-electron chi connectivity index (χ1n) is 6.61. The standard InChI is InChI=1S/C12H19N3O4/c16-9-4-3-8(7-13-9)14-11(19)15-12(10(17)18)5-1-2-6-12/h8H,1-7H2,(H,13,16)(H,17,18)(H2,14,15,19). The lowest BCUT2D eigenvalue weighted by atomic mass is 9.98. The zero-order chi connectivity index (χ0) is 13.9. The summed E-state index contributed by atoms with van der Waals surface area (Å²) in [5, 5.41) is 17.2. The highest BCUT2D eigenvalue weighted by Crippen LogP contribution is 2.29. The van der Waals surface area contributed by atoms with Crippen LogP contribution in [0.3, 0.4) is 0 Å². The van der Waals surface area contributed by atoms with Crippen molar-refractivity contribution < 1.29 is 19.5 Å². The molecule has 2 rings (SSSR count). The predicted octanol–water partition coefficient (Wildman–Crippen LogP) is -0.0384. The number of rotatable bonds is 3. The Kier molecular flexibility index (Phi) is 3.92. The second kappa shape index (κ2) is 5.46. The Morgan fingerprint density at radius 1 is 1.32 bits per heavy atom. The van der Waals surface area contributed by atoms with Gasteiger partial charge in [-0.25, -0.2) is 9.59 Å². The fraction of sp³-hybridized carbons (Fsp3) is 0.750.